The number of fused-ring (bicyclic) bond motifs is 1. The Balaban J connectivity index is 2.29. The van der Waals surface area contributed by atoms with Crippen molar-refractivity contribution in [1.82, 2.24) is 4.98 Å². The van der Waals surface area contributed by atoms with Gasteiger partial charge in [-0.05, 0) is 19.3 Å². The lowest BCUT2D eigenvalue weighted by atomic mass is 10.0. The summed E-state index contributed by atoms with van der Waals surface area (Å²) in [7, 11) is -3.03. The molecule has 0 spiro atoms. The zero-order valence-electron chi connectivity index (χ0n) is 8.43. The average molecular weight is 247 g/mol. The lowest BCUT2D eigenvalue weighted by molar-refractivity contribution is 0.153. The van der Waals surface area contributed by atoms with Crippen LogP contribution in [0.3, 0.4) is 0 Å². The third kappa shape index (κ3) is 2.56. The fraction of sp³-hybridized carbons (Fsp3) is 0.667. The highest BCUT2D eigenvalue weighted by molar-refractivity contribution is 7.90. The smallest absolute Gasteiger partial charge is 0.153 e. The van der Waals surface area contributed by atoms with E-state index >= 15 is 0 Å². The van der Waals surface area contributed by atoms with E-state index in [0.717, 1.165) is 24.1 Å². The van der Waals surface area contributed by atoms with Crippen molar-refractivity contribution in [3.05, 3.63) is 15.6 Å². The molecule has 1 aromatic rings. The molecule has 0 saturated carbocycles. The Morgan fingerprint density at radius 2 is 2.33 bits per heavy atom. The summed E-state index contributed by atoms with van der Waals surface area (Å²) in [6.07, 6.45) is 3.29. The molecule has 0 saturated heterocycles. The second-order valence-electron chi connectivity index (χ2n) is 3.89. The van der Waals surface area contributed by atoms with Gasteiger partial charge in [0.2, 0.25) is 0 Å². The van der Waals surface area contributed by atoms with Crippen LogP contribution in [-0.4, -0.2) is 24.8 Å². The van der Waals surface area contributed by atoms with Crippen molar-refractivity contribution < 1.29 is 13.5 Å². The van der Waals surface area contributed by atoms with Gasteiger partial charge in [-0.2, -0.15) is 0 Å². The highest BCUT2D eigenvalue weighted by Crippen LogP contribution is 2.33. The predicted octanol–water partition coefficient (Wildman–Crippen LogP) is 1.06. The number of rotatable bonds is 2. The zero-order chi connectivity index (χ0) is 11.1. The molecule has 1 N–H and O–H groups in total. The van der Waals surface area contributed by atoms with Gasteiger partial charge in [-0.15, -0.1) is 11.3 Å². The first-order valence-electron chi connectivity index (χ1n) is 4.80. The molecule has 4 nitrogen and oxygen atoms in total. The number of aliphatic hydroxyl groups excluding tert-OH is 1. The molecule has 0 fully saturated rings. The van der Waals surface area contributed by atoms with Crippen LogP contribution in [0.25, 0.3) is 0 Å². The summed E-state index contributed by atoms with van der Waals surface area (Å²) in [5.74, 6) is -0.0165. The highest BCUT2D eigenvalue weighted by atomic mass is 32.2. The van der Waals surface area contributed by atoms with Crippen LogP contribution in [-0.2, 0) is 22.0 Å². The van der Waals surface area contributed by atoms with Crippen molar-refractivity contribution in [2.75, 3.05) is 6.26 Å². The van der Waals surface area contributed by atoms with Crippen molar-refractivity contribution in [1.29, 1.82) is 0 Å². The molecular weight excluding hydrogens is 234 g/mol. The number of nitrogens with zero attached hydrogens (tertiary/aromatic N) is 1. The van der Waals surface area contributed by atoms with Crippen LogP contribution in [0.15, 0.2) is 0 Å². The maximum atomic E-state index is 11.1. The van der Waals surface area contributed by atoms with Crippen LogP contribution >= 0.6 is 11.3 Å². The van der Waals surface area contributed by atoms with Crippen LogP contribution < -0.4 is 0 Å². The Bertz CT molecular complexity index is 464. The minimum Gasteiger partial charge on any atom is -0.387 e. The summed E-state index contributed by atoms with van der Waals surface area (Å²) in [5, 5.41) is 10.3. The van der Waals surface area contributed by atoms with Crippen molar-refractivity contribution in [3.63, 3.8) is 0 Å². The number of aryl methyl sites for hydroxylation is 1. The number of hydrogen-bond acceptors (Lipinski definition) is 5. The summed E-state index contributed by atoms with van der Waals surface area (Å²) in [5.41, 5.74) is 0.699. The standard InChI is InChI=1S/C9H13NO3S2/c1-15(12,13)5-8-10-9-6(11)3-2-4-7(9)14-8/h6,11H,2-5H2,1H3. The lowest BCUT2D eigenvalue weighted by Gasteiger charge is -2.14. The third-order valence-electron chi connectivity index (χ3n) is 2.35. The molecule has 2 rings (SSSR count). The maximum absolute atomic E-state index is 11.1. The van der Waals surface area contributed by atoms with Crippen molar-refractivity contribution in [2.45, 2.75) is 31.1 Å². The van der Waals surface area contributed by atoms with E-state index in [-0.39, 0.29) is 5.75 Å². The van der Waals surface area contributed by atoms with Gasteiger partial charge in [0.05, 0.1) is 11.8 Å². The van der Waals surface area contributed by atoms with Gasteiger partial charge in [0.25, 0.3) is 0 Å². The predicted molar refractivity (Wildman–Crippen MR) is 58.6 cm³/mol. The van der Waals surface area contributed by atoms with Crippen molar-refractivity contribution in [2.24, 2.45) is 0 Å². The van der Waals surface area contributed by atoms with Gasteiger partial charge in [0.15, 0.2) is 9.84 Å². The normalized spacial score (nSPS) is 21.3. The molecule has 15 heavy (non-hydrogen) atoms. The number of thiazole rings is 1. The Morgan fingerprint density at radius 1 is 1.60 bits per heavy atom. The summed E-state index contributed by atoms with van der Waals surface area (Å²) in [6.45, 7) is 0. The van der Waals surface area contributed by atoms with Gasteiger partial charge in [-0.1, -0.05) is 0 Å². The zero-order valence-corrected chi connectivity index (χ0v) is 10.1. The SMILES string of the molecule is CS(=O)(=O)Cc1nc2c(s1)CCCC2O. The summed E-state index contributed by atoms with van der Waals surface area (Å²) in [4.78, 5) is 5.26. The summed E-state index contributed by atoms with van der Waals surface area (Å²) >= 11 is 1.42. The second-order valence-corrected chi connectivity index (χ2v) is 7.20. The van der Waals surface area contributed by atoms with Crippen LogP contribution in [0, 0.1) is 0 Å². The molecule has 0 aromatic carbocycles. The minimum absolute atomic E-state index is 0.0165. The minimum atomic E-state index is -3.03. The topological polar surface area (TPSA) is 67.3 Å². The highest BCUT2D eigenvalue weighted by Gasteiger charge is 2.23. The fourth-order valence-corrected chi connectivity index (χ4v) is 4.08. The molecule has 0 radical (unpaired) electrons. The van der Waals surface area contributed by atoms with Gasteiger partial charge >= 0.3 is 0 Å². The van der Waals surface area contributed by atoms with Crippen molar-refractivity contribution in [3.8, 4) is 0 Å². The van der Waals surface area contributed by atoms with Crippen LogP contribution in [0.2, 0.25) is 0 Å². The van der Waals surface area contributed by atoms with E-state index in [4.69, 9.17) is 0 Å². The van der Waals surface area contributed by atoms with Gasteiger partial charge in [0.1, 0.15) is 10.8 Å². The summed E-state index contributed by atoms with van der Waals surface area (Å²) in [6, 6.07) is 0. The first-order valence-corrected chi connectivity index (χ1v) is 7.67. The molecular formula is C9H13NO3S2. The van der Waals surface area contributed by atoms with E-state index in [1.54, 1.807) is 0 Å². The largest absolute Gasteiger partial charge is 0.387 e. The Hall–Kier alpha value is -0.460. The summed E-state index contributed by atoms with van der Waals surface area (Å²) < 4.78 is 22.2. The molecule has 1 aliphatic carbocycles. The number of aliphatic hydroxyl groups is 1. The average Bonchev–Trinajstić information content (AvgIpc) is 2.45. The van der Waals surface area contributed by atoms with Crippen molar-refractivity contribution >= 4 is 21.2 Å². The molecule has 0 bridgehead atoms. The molecule has 6 heteroatoms. The molecule has 0 aliphatic heterocycles. The van der Waals surface area contributed by atoms with E-state index in [1.807, 2.05) is 0 Å². The second kappa shape index (κ2) is 3.84. The lowest BCUT2D eigenvalue weighted by Crippen LogP contribution is -2.07. The van der Waals surface area contributed by atoms with Crippen LogP contribution in [0.5, 0.6) is 0 Å². The van der Waals surface area contributed by atoms with E-state index in [0.29, 0.717) is 10.7 Å². The van der Waals surface area contributed by atoms with E-state index < -0.39 is 15.9 Å². The first kappa shape index (κ1) is 11.0. The molecule has 84 valence electrons. The number of aromatic nitrogens is 1. The van der Waals surface area contributed by atoms with Gasteiger partial charge in [-0.3, -0.25) is 0 Å². The molecule has 1 atom stereocenters. The quantitative estimate of drug-likeness (QED) is 0.848. The van der Waals surface area contributed by atoms with E-state index in [9.17, 15) is 13.5 Å². The molecule has 1 aromatic heterocycles. The Kier molecular flexibility index (Phi) is 2.83. The molecule has 0 amide bonds. The van der Waals surface area contributed by atoms with Gasteiger partial charge in [0, 0.05) is 11.1 Å². The van der Waals surface area contributed by atoms with Crippen LogP contribution in [0.1, 0.15) is 34.5 Å². The first-order chi connectivity index (χ1) is 6.96. The van der Waals surface area contributed by atoms with Crippen LogP contribution in [0.4, 0.5) is 0 Å². The Labute approximate surface area is 92.9 Å². The Morgan fingerprint density at radius 3 is 2.93 bits per heavy atom. The third-order valence-corrected chi connectivity index (χ3v) is 4.47. The van der Waals surface area contributed by atoms with Gasteiger partial charge < -0.3 is 5.11 Å². The maximum Gasteiger partial charge on any atom is 0.153 e. The fourth-order valence-electron chi connectivity index (χ4n) is 1.73. The molecule has 1 heterocycles. The van der Waals surface area contributed by atoms with E-state index in [2.05, 4.69) is 4.98 Å². The van der Waals surface area contributed by atoms with E-state index in [1.165, 1.54) is 17.6 Å². The molecule has 1 unspecified atom stereocenters. The monoisotopic (exact) mass is 247 g/mol. The number of sulfone groups is 1. The van der Waals surface area contributed by atoms with Gasteiger partial charge in [-0.25, -0.2) is 13.4 Å². The number of hydrogen-bond donors (Lipinski definition) is 1. The molecule has 1 aliphatic rings.